The minimum Gasteiger partial charge on any atom is -0.338 e. The molecule has 4 rings (SSSR count). The van der Waals surface area contributed by atoms with Crippen LogP contribution >= 0.6 is 11.3 Å². The fourth-order valence-corrected chi connectivity index (χ4v) is 8.51. The fraction of sp³-hybridized carbons (Fsp3) is 0.609. The average molecular weight is 467 g/mol. The van der Waals surface area contributed by atoms with Crippen molar-refractivity contribution in [3.63, 3.8) is 0 Å². The van der Waals surface area contributed by atoms with Gasteiger partial charge in [-0.2, -0.15) is 4.72 Å². The number of hydrogen-bond donors (Lipinski definition) is 1. The number of fused-ring (bicyclic) bond motifs is 2. The molecule has 170 valence electrons. The van der Waals surface area contributed by atoms with E-state index < -0.39 is 27.3 Å². The van der Waals surface area contributed by atoms with E-state index in [1.807, 2.05) is 25.7 Å². The van der Waals surface area contributed by atoms with Crippen molar-refractivity contribution in [1.82, 2.24) is 9.62 Å². The van der Waals surface area contributed by atoms with E-state index in [1.165, 1.54) is 12.1 Å². The molecule has 5 nitrogen and oxygen atoms in total. The van der Waals surface area contributed by atoms with Crippen LogP contribution in [0.25, 0.3) is 10.1 Å². The number of likely N-dealkylation sites (tertiary alicyclic amines) is 1. The Balaban J connectivity index is 1.64. The van der Waals surface area contributed by atoms with Gasteiger partial charge in [-0.15, -0.1) is 11.3 Å². The Morgan fingerprint density at radius 3 is 2.52 bits per heavy atom. The number of halogens is 1. The number of thiophene rings is 1. The first-order valence-electron chi connectivity index (χ1n) is 10.7. The minimum absolute atomic E-state index is 0.0934. The lowest BCUT2D eigenvalue weighted by molar-refractivity contribution is -0.137. The van der Waals surface area contributed by atoms with Crippen LogP contribution < -0.4 is 4.72 Å². The van der Waals surface area contributed by atoms with Crippen LogP contribution in [0.2, 0.25) is 0 Å². The van der Waals surface area contributed by atoms with Crippen LogP contribution in [0.5, 0.6) is 0 Å². The van der Waals surface area contributed by atoms with E-state index in [9.17, 15) is 17.6 Å². The third-order valence-electron chi connectivity index (χ3n) is 7.31. The van der Waals surface area contributed by atoms with Crippen LogP contribution in [0.1, 0.15) is 47.1 Å². The molecular formula is C23H31FN2O3S2. The number of carbonyl (C=O) groups is 1. The second-order valence-corrected chi connectivity index (χ2v) is 13.7. The maximum Gasteiger partial charge on any atom is 0.251 e. The first-order valence-corrected chi connectivity index (χ1v) is 13.0. The highest BCUT2D eigenvalue weighted by Crippen LogP contribution is 2.64. The number of benzene rings is 1. The lowest BCUT2D eigenvalue weighted by Crippen LogP contribution is -2.56. The number of hydrogen-bond acceptors (Lipinski definition) is 4. The van der Waals surface area contributed by atoms with Crippen LogP contribution in [0.15, 0.2) is 22.4 Å². The molecule has 0 spiro atoms. The summed E-state index contributed by atoms with van der Waals surface area (Å²) in [5.41, 5.74) is 0.142. The molecule has 1 aliphatic heterocycles. The van der Waals surface area contributed by atoms with Crippen LogP contribution in [0.3, 0.4) is 0 Å². The summed E-state index contributed by atoms with van der Waals surface area (Å²) >= 11 is 1.10. The Morgan fingerprint density at radius 1 is 1.32 bits per heavy atom. The Kier molecular flexibility index (Phi) is 5.11. The molecular weight excluding hydrogens is 435 g/mol. The van der Waals surface area contributed by atoms with Crippen molar-refractivity contribution in [2.24, 2.45) is 22.7 Å². The van der Waals surface area contributed by atoms with E-state index in [1.54, 1.807) is 13.0 Å². The van der Waals surface area contributed by atoms with Crippen molar-refractivity contribution >= 4 is 37.4 Å². The van der Waals surface area contributed by atoms with Crippen LogP contribution in [-0.2, 0) is 14.8 Å². The van der Waals surface area contributed by atoms with E-state index in [2.05, 4.69) is 25.5 Å². The summed E-state index contributed by atoms with van der Waals surface area (Å²) in [6, 6.07) is 3.48. The monoisotopic (exact) mass is 466 g/mol. The van der Waals surface area contributed by atoms with E-state index in [0.717, 1.165) is 11.3 Å². The van der Waals surface area contributed by atoms with Crippen molar-refractivity contribution in [1.29, 1.82) is 0 Å². The maximum absolute atomic E-state index is 13.7. The van der Waals surface area contributed by atoms with Gasteiger partial charge in [-0.05, 0) is 65.7 Å². The SMILES string of the molecule is Cc1c(S(=O)(=O)N[C@H](C(=O)N2C[C@H]3[C@@H]([C@H]2C)C3(C)C)C(C)(C)C)sc2ccc(F)cc12. The Bertz CT molecular complexity index is 1160. The zero-order valence-corrected chi connectivity index (χ0v) is 20.7. The van der Waals surface area contributed by atoms with Crippen molar-refractivity contribution in [2.75, 3.05) is 6.54 Å². The van der Waals surface area contributed by atoms with Gasteiger partial charge in [-0.25, -0.2) is 12.8 Å². The fourth-order valence-electron chi connectivity index (χ4n) is 5.36. The second kappa shape index (κ2) is 6.99. The van der Waals surface area contributed by atoms with Gasteiger partial charge in [0.05, 0.1) is 0 Å². The standard InChI is InChI=1S/C23H31FN2O3S2/c1-12-15-10-14(24)8-9-17(15)30-21(12)31(28,29)25-19(22(3,4)5)20(27)26-11-16-18(13(26)2)23(16,6)7/h8-10,13,16,18-19,25H,11H2,1-7H3/t13-,16+,18-,19-/m1/s1. The number of rotatable bonds is 4. The summed E-state index contributed by atoms with van der Waals surface area (Å²) in [7, 11) is -3.97. The predicted octanol–water partition coefficient (Wildman–Crippen LogP) is 4.54. The number of piperidine rings is 1. The topological polar surface area (TPSA) is 66.5 Å². The molecule has 2 fully saturated rings. The van der Waals surface area contributed by atoms with Crippen molar-refractivity contribution in [3.8, 4) is 0 Å². The molecule has 1 aromatic heterocycles. The predicted molar refractivity (Wildman–Crippen MR) is 122 cm³/mol. The van der Waals surface area contributed by atoms with Gasteiger partial charge < -0.3 is 4.90 Å². The first-order chi connectivity index (χ1) is 14.2. The second-order valence-electron chi connectivity index (χ2n) is 10.8. The number of sulfonamides is 1. The molecule has 2 heterocycles. The van der Waals surface area contributed by atoms with Gasteiger partial charge in [0.1, 0.15) is 16.1 Å². The molecule has 1 saturated carbocycles. The maximum atomic E-state index is 13.7. The molecule has 1 aromatic carbocycles. The number of nitrogens with zero attached hydrogens (tertiary/aromatic N) is 1. The Morgan fingerprint density at radius 2 is 1.97 bits per heavy atom. The highest BCUT2D eigenvalue weighted by atomic mass is 32.2. The highest BCUT2D eigenvalue weighted by Gasteiger charge is 2.66. The molecule has 4 atom stereocenters. The zero-order valence-electron chi connectivity index (χ0n) is 19.1. The van der Waals surface area contributed by atoms with E-state index >= 15 is 0 Å². The van der Waals surface area contributed by atoms with Crippen molar-refractivity contribution < 1.29 is 17.6 Å². The molecule has 0 radical (unpaired) electrons. The lowest BCUT2D eigenvalue weighted by Gasteiger charge is -2.37. The molecule has 1 aliphatic carbocycles. The normalized spacial score (nSPS) is 26.2. The molecule has 1 saturated heterocycles. The highest BCUT2D eigenvalue weighted by molar-refractivity contribution is 7.91. The molecule has 8 heteroatoms. The quantitative estimate of drug-likeness (QED) is 0.719. The Hall–Kier alpha value is -1.51. The summed E-state index contributed by atoms with van der Waals surface area (Å²) in [6.07, 6.45) is 0. The smallest absolute Gasteiger partial charge is 0.251 e. The van der Waals surface area contributed by atoms with Gasteiger partial charge >= 0.3 is 0 Å². The third kappa shape index (κ3) is 3.60. The van der Waals surface area contributed by atoms with Crippen LogP contribution in [-0.4, -0.2) is 37.9 Å². The van der Waals surface area contributed by atoms with Gasteiger partial charge in [0.25, 0.3) is 10.0 Å². The molecule has 0 bridgehead atoms. The molecule has 31 heavy (non-hydrogen) atoms. The van der Waals surface area contributed by atoms with E-state index in [4.69, 9.17) is 0 Å². The van der Waals surface area contributed by atoms with Gasteiger partial charge in [0.15, 0.2) is 0 Å². The number of amides is 1. The average Bonchev–Trinajstić information content (AvgIpc) is 2.92. The van der Waals surface area contributed by atoms with Crippen molar-refractivity contribution in [2.45, 2.75) is 64.8 Å². The van der Waals surface area contributed by atoms with Crippen molar-refractivity contribution in [3.05, 3.63) is 29.6 Å². The van der Waals surface area contributed by atoms with Gasteiger partial charge in [-0.1, -0.05) is 34.6 Å². The Labute approximate surface area is 188 Å². The summed E-state index contributed by atoms with van der Waals surface area (Å²) in [5, 5.41) is 0.583. The summed E-state index contributed by atoms with van der Waals surface area (Å²) < 4.78 is 44.0. The zero-order chi connectivity index (χ0) is 23.1. The minimum atomic E-state index is -3.97. The molecule has 2 aromatic rings. The van der Waals surface area contributed by atoms with Crippen LogP contribution in [0.4, 0.5) is 4.39 Å². The lowest BCUT2D eigenvalue weighted by atomic mass is 9.86. The number of aryl methyl sites for hydroxylation is 1. The summed E-state index contributed by atoms with van der Waals surface area (Å²) in [6.45, 7) is 14.5. The summed E-state index contributed by atoms with van der Waals surface area (Å²) in [4.78, 5) is 15.4. The molecule has 1 N–H and O–H groups in total. The number of carbonyl (C=O) groups excluding carboxylic acids is 1. The van der Waals surface area contributed by atoms with E-state index in [-0.39, 0.29) is 21.6 Å². The third-order valence-corrected chi connectivity index (χ3v) is 10.6. The molecule has 2 aliphatic rings. The van der Waals surface area contributed by atoms with E-state index in [0.29, 0.717) is 34.0 Å². The van der Waals surface area contributed by atoms with Gasteiger partial charge in [-0.3, -0.25) is 4.79 Å². The first kappa shape index (κ1) is 22.7. The van der Waals surface area contributed by atoms with Gasteiger partial charge in [0.2, 0.25) is 5.91 Å². The van der Waals surface area contributed by atoms with Gasteiger partial charge in [0, 0.05) is 17.3 Å². The largest absolute Gasteiger partial charge is 0.338 e. The molecule has 1 amide bonds. The number of nitrogens with one attached hydrogen (secondary N) is 1. The summed E-state index contributed by atoms with van der Waals surface area (Å²) in [5.74, 6) is 0.366. The molecule has 0 unspecified atom stereocenters. The van der Waals surface area contributed by atoms with Crippen LogP contribution in [0, 0.1) is 35.4 Å².